The number of benzene rings is 1. The molecule has 4 heteroatoms. The van der Waals surface area contributed by atoms with E-state index in [1.807, 2.05) is 6.07 Å². The standard InChI is InChI=1S/C12H19FN2S/c1-3-15(4-2)8-9-16-11-7-5-6-10(13)12(11)14/h5-7H,3-4,8-9,14H2,1-2H3. The maximum atomic E-state index is 13.1. The summed E-state index contributed by atoms with van der Waals surface area (Å²) in [5.41, 5.74) is 5.93. The summed E-state index contributed by atoms with van der Waals surface area (Å²) in [6.45, 7) is 7.40. The van der Waals surface area contributed by atoms with Crippen LogP contribution >= 0.6 is 11.8 Å². The first-order valence-electron chi connectivity index (χ1n) is 5.58. The normalized spacial score (nSPS) is 11.0. The predicted octanol–water partition coefficient (Wildman–Crippen LogP) is 2.84. The van der Waals surface area contributed by atoms with E-state index in [0.717, 1.165) is 30.3 Å². The van der Waals surface area contributed by atoms with Crippen LogP contribution in [-0.2, 0) is 0 Å². The molecular formula is C12H19FN2S. The third-order valence-corrected chi connectivity index (χ3v) is 3.63. The zero-order chi connectivity index (χ0) is 12.0. The molecule has 0 unspecified atom stereocenters. The molecule has 0 saturated carbocycles. The molecule has 90 valence electrons. The van der Waals surface area contributed by atoms with Gasteiger partial charge in [0, 0.05) is 17.2 Å². The highest BCUT2D eigenvalue weighted by Crippen LogP contribution is 2.26. The number of para-hydroxylation sites is 1. The van der Waals surface area contributed by atoms with Crippen LogP contribution < -0.4 is 5.73 Å². The summed E-state index contributed by atoms with van der Waals surface area (Å²) >= 11 is 1.61. The summed E-state index contributed by atoms with van der Waals surface area (Å²) in [5, 5.41) is 0. The second-order valence-electron chi connectivity index (χ2n) is 3.53. The molecule has 0 bridgehead atoms. The molecule has 0 aliphatic heterocycles. The van der Waals surface area contributed by atoms with Crippen molar-refractivity contribution in [2.75, 3.05) is 31.1 Å². The topological polar surface area (TPSA) is 29.3 Å². The van der Waals surface area contributed by atoms with Crippen molar-refractivity contribution in [2.24, 2.45) is 0 Å². The fourth-order valence-corrected chi connectivity index (χ4v) is 2.46. The number of rotatable bonds is 6. The maximum Gasteiger partial charge on any atom is 0.147 e. The van der Waals surface area contributed by atoms with Gasteiger partial charge in [-0.1, -0.05) is 19.9 Å². The highest BCUT2D eigenvalue weighted by atomic mass is 32.2. The van der Waals surface area contributed by atoms with E-state index in [4.69, 9.17) is 5.73 Å². The Morgan fingerprint density at radius 1 is 1.31 bits per heavy atom. The zero-order valence-electron chi connectivity index (χ0n) is 9.87. The molecule has 0 aromatic heterocycles. The minimum Gasteiger partial charge on any atom is -0.395 e. The van der Waals surface area contributed by atoms with Crippen molar-refractivity contribution in [3.8, 4) is 0 Å². The number of anilines is 1. The van der Waals surface area contributed by atoms with Crippen LogP contribution in [0, 0.1) is 5.82 Å². The second-order valence-corrected chi connectivity index (χ2v) is 4.66. The number of hydrogen-bond acceptors (Lipinski definition) is 3. The van der Waals surface area contributed by atoms with Crippen molar-refractivity contribution in [3.63, 3.8) is 0 Å². The van der Waals surface area contributed by atoms with Gasteiger partial charge in [0.25, 0.3) is 0 Å². The van der Waals surface area contributed by atoms with Gasteiger partial charge in [0.05, 0.1) is 5.69 Å². The Labute approximate surface area is 101 Å². The van der Waals surface area contributed by atoms with Gasteiger partial charge in [-0.05, 0) is 25.2 Å². The molecular weight excluding hydrogens is 223 g/mol. The largest absolute Gasteiger partial charge is 0.395 e. The summed E-state index contributed by atoms with van der Waals surface area (Å²) in [7, 11) is 0. The lowest BCUT2D eigenvalue weighted by Crippen LogP contribution is -2.25. The number of nitrogens with two attached hydrogens (primary N) is 1. The molecule has 0 radical (unpaired) electrons. The van der Waals surface area contributed by atoms with Crippen LogP contribution in [0.2, 0.25) is 0 Å². The summed E-state index contributed by atoms with van der Waals surface area (Å²) in [5.74, 6) is 0.614. The molecule has 0 fully saturated rings. The van der Waals surface area contributed by atoms with Crippen LogP contribution in [-0.4, -0.2) is 30.3 Å². The molecule has 2 N–H and O–H groups in total. The monoisotopic (exact) mass is 242 g/mol. The zero-order valence-corrected chi connectivity index (χ0v) is 10.7. The number of thioether (sulfide) groups is 1. The van der Waals surface area contributed by atoms with E-state index < -0.39 is 0 Å². The van der Waals surface area contributed by atoms with E-state index in [-0.39, 0.29) is 11.5 Å². The van der Waals surface area contributed by atoms with E-state index >= 15 is 0 Å². The Morgan fingerprint density at radius 3 is 2.62 bits per heavy atom. The molecule has 16 heavy (non-hydrogen) atoms. The van der Waals surface area contributed by atoms with Crippen molar-refractivity contribution >= 4 is 17.4 Å². The van der Waals surface area contributed by atoms with Crippen molar-refractivity contribution in [1.29, 1.82) is 0 Å². The van der Waals surface area contributed by atoms with Crippen molar-refractivity contribution in [2.45, 2.75) is 18.7 Å². The van der Waals surface area contributed by atoms with Gasteiger partial charge in [-0.15, -0.1) is 11.8 Å². The summed E-state index contributed by atoms with van der Waals surface area (Å²) in [6, 6.07) is 4.96. The Bertz CT molecular complexity index is 327. The van der Waals surface area contributed by atoms with E-state index in [0.29, 0.717) is 0 Å². The SMILES string of the molecule is CCN(CC)CCSc1cccc(F)c1N. The minimum absolute atomic E-state index is 0.270. The van der Waals surface area contributed by atoms with E-state index in [9.17, 15) is 4.39 Å². The Hall–Kier alpha value is -0.740. The molecule has 1 rings (SSSR count). The second kappa shape index (κ2) is 6.76. The van der Waals surface area contributed by atoms with Gasteiger partial charge in [-0.2, -0.15) is 0 Å². The maximum absolute atomic E-state index is 13.1. The van der Waals surface area contributed by atoms with E-state index in [1.54, 1.807) is 17.8 Å². The first-order valence-corrected chi connectivity index (χ1v) is 6.56. The summed E-state index contributed by atoms with van der Waals surface area (Å²) in [4.78, 5) is 3.18. The van der Waals surface area contributed by atoms with Crippen LogP contribution in [0.5, 0.6) is 0 Å². The molecule has 0 spiro atoms. The van der Waals surface area contributed by atoms with Crippen LogP contribution in [0.1, 0.15) is 13.8 Å². The van der Waals surface area contributed by atoms with Crippen LogP contribution in [0.3, 0.4) is 0 Å². The van der Waals surface area contributed by atoms with Crippen LogP contribution in [0.15, 0.2) is 23.1 Å². The van der Waals surface area contributed by atoms with Gasteiger partial charge in [0.15, 0.2) is 0 Å². The number of hydrogen-bond donors (Lipinski definition) is 1. The fourth-order valence-electron chi connectivity index (χ4n) is 1.47. The molecule has 0 saturated heterocycles. The minimum atomic E-state index is -0.326. The first kappa shape index (κ1) is 13.3. The Balaban J connectivity index is 2.46. The molecule has 2 nitrogen and oxygen atoms in total. The van der Waals surface area contributed by atoms with Gasteiger partial charge in [-0.25, -0.2) is 4.39 Å². The highest BCUT2D eigenvalue weighted by Gasteiger charge is 2.05. The van der Waals surface area contributed by atoms with Gasteiger partial charge in [-0.3, -0.25) is 0 Å². The van der Waals surface area contributed by atoms with Gasteiger partial charge in [0.2, 0.25) is 0 Å². The first-order chi connectivity index (χ1) is 7.69. The number of nitrogens with zero attached hydrogens (tertiary/aromatic N) is 1. The number of nitrogen functional groups attached to an aromatic ring is 1. The smallest absolute Gasteiger partial charge is 0.147 e. The molecule has 0 amide bonds. The summed E-state index contributed by atoms with van der Waals surface area (Å²) in [6.07, 6.45) is 0. The molecule has 1 aromatic carbocycles. The third-order valence-electron chi connectivity index (χ3n) is 2.57. The quantitative estimate of drug-likeness (QED) is 0.614. The van der Waals surface area contributed by atoms with Gasteiger partial charge in [0.1, 0.15) is 5.82 Å². The average molecular weight is 242 g/mol. The lowest BCUT2D eigenvalue weighted by atomic mass is 10.3. The fraction of sp³-hybridized carbons (Fsp3) is 0.500. The Morgan fingerprint density at radius 2 is 2.00 bits per heavy atom. The average Bonchev–Trinajstić information content (AvgIpc) is 2.30. The van der Waals surface area contributed by atoms with Crippen molar-refractivity contribution in [3.05, 3.63) is 24.0 Å². The predicted molar refractivity (Wildman–Crippen MR) is 69.3 cm³/mol. The molecule has 0 heterocycles. The lowest BCUT2D eigenvalue weighted by Gasteiger charge is -2.17. The molecule has 1 aromatic rings. The van der Waals surface area contributed by atoms with Gasteiger partial charge < -0.3 is 10.6 Å². The van der Waals surface area contributed by atoms with E-state index in [2.05, 4.69) is 18.7 Å². The highest BCUT2D eigenvalue weighted by molar-refractivity contribution is 7.99. The Kier molecular flexibility index (Phi) is 5.63. The molecule has 0 aliphatic carbocycles. The third kappa shape index (κ3) is 3.68. The molecule has 0 aliphatic rings. The number of halogens is 1. The van der Waals surface area contributed by atoms with Gasteiger partial charge >= 0.3 is 0 Å². The van der Waals surface area contributed by atoms with Crippen molar-refractivity contribution < 1.29 is 4.39 Å². The van der Waals surface area contributed by atoms with E-state index in [1.165, 1.54) is 6.07 Å². The van der Waals surface area contributed by atoms with Crippen LogP contribution in [0.4, 0.5) is 10.1 Å². The summed E-state index contributed by atoms with van der Waals surface area (Å²) < 4.78 is 13.1. The van der Waals surface area contributed by atoms with Crippen LogP contribution in [0.25, 0.3) is 0 Å². The van der Waals surface area contributed by atoms with Crippen molar-refractivity contribution in [1.82, 2.24) is 4.90 Å². The lowest BCUT2D eigenvalue weighted by molar-refractivity contribution is 0.324. The molecule has 0 atom stereocenters.